The predicted molar refractivity (Wildman–Crippen MR) is 118 cm³/mol. The fraction of sp³-hybridized carbons (Fsp3) is 0.318. The minimum atomic E-state index is -1.42. The second kappa shape index (κ2) is 9.25. The van der Waals surface area contributed by atoms with Crippen molar-refractivity contribution in [2.75, 3.05) is 11.0 Å². The van der Waals surface area contributed by atoms with Crippen LogP contribution in [0.15, 0.2) is 41.5 Å². The number of nitrogens with zero attached hydrogens (tertiary/aromatic N) is 3. The monoisotopic (exact) mass is 460 g/mol. The van der Waals surface area contributed by atoms with Gasteiger partial charge in [0, 0.05) is 29.9 Å². The molecule has 0 bridgehead atoms. The van der Waals surface area contributed by atoms with Crippen molar-refractivity contribution in [2.45, 2.75) is 32.7 Å². The van der Waals surface area contributed by atoms with Gasteiger partial charge in [0.15, 0.2) is 17.3 Å². The van der Waals surface area contributed by atoms with Gasteiger partial charge < -0.3 is 13.9 Å². The molecule has 168 valence electrons. The molecule has 2 aromatic heterocycles. The van der Waals surface area contributed by atoms with Crippen LogP contribution in [0, 0.1) is 24.5 Å². The molecule has 0 aliphatic heterocycles. The van der Waals surface area contributed by atoms with Crippen LogP contribution in [-0.2, 0) is 17.9 Å². The van der Waals surface area contributed by atoms with Crippen molar-refractivity contribution < 1.29 is 18.1 Å². The van der Waals surface area contributed by atoms with Gasteiger partial charge in [0.05, 0.1) is 17.6 Å². The fourth-order valence-corrected chi connectivity index (χ4v) is 3.87. The van der Waals surface area contributed by atoms with E-state index in [1.54, 1.807) is 23.8 Å². The van der Waals surface area contributed by atoms with Crippen molar-refractivity contribution >= 4 is 17.3 Å². The number of hydrogen-bond acceptors (Lipinski definition) is 6. The quantitative estimate of drug-likeness (QED) is 0.532. The van der Waals surface area contributed by atoms with Gasteiger partial charge in [-0.1, -0.05) is 6.42 Å². The van der Waals surface area contributed by atoms with Gasteiger partial charge in [-0.2, -0.15) is 4.72 Å². The van der Waals surface area contributed by atoms with E-state index < -0.39 is 23.0 Å². The normalized spacial score (nSPS) is 14.7. The summed E-state index contributed by atoms with van der Waals surface area (Å²) in [6.07, 6.45) is 7.77. The zero-order valence-electron chi connectivity index (χ0n) is 17.6. The molecule has 1 fully saturated rings. The van der Waals surface area contributed by atoms with Crippen LogP contribution in [0.5, 0.6) is 11.5 Å². The molecular weight excluding hydrogens is 438 g/mol. The SMILES string of the molecule is Cc1cc(-c2nc(N[S+](C)[O-])ncc2Oc2ccc(F)cc2F)cn(CC2CCC2)c1=O. The van der Waals surface area contributed by atoms with Gasteiger partial charge in [-0.25, -0.2) is 18.7 Å². The Balaban J connectivity index is 1.79. The number of rotatable bonds is 7. The molecule has 10 heteroatoms. The van der Waals surface area contributed by atoms with Gasteiger partial charge >= 0.3 is 0 Å². The van der Waals surface area contributed by atoms with Gasteiger partial charge in [0.1, 0.15) is 17.8 Å². The van der Waals surface area contributed by atoms with Crippen molar-refractivity contribution in [3.05, 3.63) is 64.2 Å². The first kappa shape index (κ1) is 22.2. The summed E-state index contributed by atoms with van der Waals surface area (Å²) in [6, 6.07) is 4.64. The molecule has 1 aliphatic carbocycles. The Morgan fingerprint density at radius 2 is 2.06 bits per heavy atom. The number of anilines is 1. The zero-order chi connectivity index (χ0) is 22.8. The van der Waals surface area contributed by atoms with E-state index in [0.29, 0.717) is 23.6 Å². The summed E-state index contributed by atoms with van der Waals surface area (Å²) in [6.45, 7) is 2.32. The van der Waals surface area contributed by atoms with Crippen molar-refractivity contribution in [3.63, 3.8) is 0 Å². The molecule has 0 radical (unpaired) electrons. The molecule has 4 rings (SSSR count). The van der Waals surface area contributed by atoms with Crippen LogP contribution in [0.2, 0.25) is 0 Å². The summed E-state index contributed by atoms with van der Waals surface area (Å²) in [4.78, 5) is 21.1. The molecule has 0 saturated heterocycles. The van der Waals surface area contributed by atoms with E-state index in [0.717, 1.165) is 31.4 Å². The highest BCUT2D eigenvalue weighted by Crippen LogP contribution is 2.34. The van der Waals surface area contributed by atoms with E-state index in [9.17, 15) is 18.1 Å². The number of nitrogens with one attached hydrogen (secondary N) is 1. The molecule has 0 spiro atoms. The highest BCUT2D eigenvalue weighted by Gasteiger charge is 2.21. The number of pyridine rings is 1. The summed E-state index contributed by atoms with van der Waals surface area (Å²) in [7, 11) is 0. The van der Waals surface area contributed by atoms with Crippen LogP contribution in [0.3, 0.4) is 0 Å². The highest BCUT2D eigenvalue weighted by molar-refractivity contribution is 7.91. The Hall–Kier alpha value is -2.98. The minimum absolute atomic E-state index is 0.0853. The third-order valence-corrected chi connectivity index (χ3v) is 5.79. The number of aromatic nitrogens is 3. The maximum Gasteiger partial charge on any atom is 0.265 e. The van der Waals surface area contributed by atoms with Crippen LogP contribution >= 0.6 is 0 Å². The molecule has 1 N–H and O–H groups in total. The van der Waals surface area contributed by atoms with Gasteiger partial charge in [0.25, 0.3) is 11.5 Å². The molecule has 7 nitrogen and oxygen atoms in total. The smallest absolute Gasteiger partial charge is 0.265 e. The Labute approximate surface area is 186 Å². The van der Waals surface area contributed by atoms with E-state index in [2.05, 4.69) is 14.7 Å². The van der Waals surface area contributed by atoms with Crippen molar-refractivity contribution in [3.8, 4) is 22.8 Å². The molecular formula is C22H22F2N4O3S. The van der Waals surface area contributed by atoms with Gasteiger partial charge in [0.2, 0.25) is 0 Å². The summed E-state index contributed by atoms with van der Waals surface area (Å²) < 4.78 is 49.0. The number of halogens is 2. The molecule has 0 amide bonds. The van der Waals surface area contributed by atoms with E-state index in [-0.39, 0.29) is 28.7 Å². The second-order valence-electron chi connectivity index (χ2n) is 7.81. The van der Waals surface area contributed by atoms with E-state index >= 15 is 0 Å². The number of ether oxygens (including phenoxy) is 1. The second-order valence-corrected chi connectivity index (χ2v) is 8.92. The van der Waals surface area contributed by atoms with Crippen molar-refractivity contribution in [1.29, 1.82) is 0 Å². The van der Waals surface area contributed by atoms with Gasteiger partial charge in [-0.05, 0) is 43.9 Å². The molecule has 1 atom stereocenters. The maximum absolute atomic E-state index is 14.2. The van der Waals surface area contributed by atoms with Gasteiger partial charge in [-0.3, -0.25) is 4.79 Å². The highest BCUT2D eigenvalue weighted by atomic mass is 32.2. The van der Waals surface area contributed by atoms with Crippen LogP contribution in [0.25, 0.3) is 11.3 Å². The fourth-order valence-electron chi connectivity index (χ4n) is 3.51. The van der Waals surface area contributed by atoms with Crippen molar-refractivity contribution in [1.82, 2.24) is 14.5 Å². The summed E-state index contributed by atoms with van der Waals surface area (Å²) >= 11 is -1.42. The van der Waals surface area contributed by atoms with Crippen LogP contribution in [-0.4, -0.2) is 25.3 Å². The largest absolute Gasteiger partial charge is 0.593 e. The lowest BCUT2D eigenvalue weighted by Gasteiger charge is -2.26. The predicted octanol–water partition coefficient (Wildman–Crippen LogP) is 4.19. The minimum Gasteiger partial charge on any atom is -0.593 e. The number of hydrogen-bond donors (Lipinski definition) is 1. The number of benzene rings is 1. The van der Waals surface area contributed by atoms with Crippen molar-refractivity contribution in [2.24, 2.45) is 5.92 Å². The average Bonchev–Trinajstić information content (AvgIpc) is 2.70. The number of aryl methyl sites for hydroxylation is 1. The third kappa shape index (κ3) is 4.91. The Kier molecular flexibility index (Phi) is 6.43. The molecule has 1 aromatic carbocycles. The standard InChI is InChI=1S/C22H22F2N4O3S/c1-13-8-15(12-28(21(13)29)11-14-4-3-5-14)20-19(10-25-22(26-20)27-32(2)30)31-18-7-6-16(23)9-17(18)24/h6-10,12,14H,3-5,11H2,1-2H3,(H,25,26,27). The Bertz CT molecular complexity index is 1200. The first-order valence-electron chi connectivity index (χ1n) is 10.1. The summed E-state index contributed by atoms with van der Waals surface area (Å²) in [5.74, 6) is -1.15. The van der Waals surface area contributed by atoms with E-state index in [1.165, 1.54) is 18.5 Å². The van der Waals surface area contributed by atoms with Gasteiger partial charge in [-0.15, -0.1) is 0 Å². The third-order valence-electron chi connectivity index (χ3n) is 5.32. The molecule has 3 aromatic rings. The molecule has 32 heavy (non-hydrogen) atoms. The molecule has 2 heterocycles. The molecule has 1 unspecified atom stereocenters. The van der Waals surface area contributed by atoms with Crippen LogP contribution in [0.1, 0.15) is 24.8 Å². The lowest BCUT2D eigenvalue weighted by molar-refractivity contribution is 0.273. The Morgan fingerprint density at radius 1 is 1.28 bits per heavy atom. The van der Waals surface area contributed by atoms with E-state index in [1.807, 2.05) is 0 Å². The first-order chi connectivity index (χ1) is 15.3. The van der Waals surface area contributed by atoms with Crippen LogP contribution in [0.4, 0.5) is 14.7 Å². The lowest BCUT2D eigenvalue weighted by Crippen LogP contribution is -2.28. The molecule has 1 aliphatic rings. The Morgan fingerprint density at radius 3 is 2.72 bits per heavy atom. The summed E-state index contributed by atoms with van der Waals surface area (Å²) in [5.41, 5.74) is 1.27. The molecule has 1 saturated carbocycles. The zero-order valence-corrected chi connectivity index (χ0v) is 18.4. The summed E-state index contributed by atoms with van der Waals surface area (Å²) in [5, 5.41) is 0. The lowest BCUT2D eigenvalue weighted by atomic mass is 9.85. The maximum atomic E-state index is 14.2. The average molecular weight is 461 g/mol. The first-order valence-corrected chi connectivity index (χ1v) is 11.7. The van der Waals surface area contributed by atoms with E-state index in [4.69, 9.17) is 4.74 Å². The van der Waals surface area contributed by atoms with Crippen LogP contribution < -0.4 is 15.0 Å². The topological polar surface area (TPSA) is 92.1 Å².